The SMILES string of the molecule is Cc1cc(C=Nc2ccco2)c(C)n1-c1ccc(Cl)cc1. The maximum atomic E-state index is 5.95. The van der Waals surface area contributed by atoms with Gasteiger partial charge in [-0.1, -0.05) is 11.6 Å². The highest BCUT2D eigenvalue weighted by atomic mass is 35.5. The van der Waals surface area contributed by atoms with E-state index in [-0.39, 0.29) is 0 Å². The first-order chi connectivity index (χ1) is 10.1. The highest BCUT2D eigenvalue weighted by Crippen LogP contribution is 2.22. The molecule has 1 aromatic carbocycles. The van der Waals surface area contributed by atoms with Gasteiger partial charge in [0.1, 0.15) is 0 Å². The summed E-state index contributed by atoms with van der Waals surface area (Å²) >= 11 is 5.95. The summed E-state index contributed by atoms with van der Waals surface area (Å²) in [4.78, 5) is 4.33. The molecule has 0 saturated carbocycles. The largest absolute Gasteiger partial charge is 0.447 e. The lowest BCUT2D eigenvalue weighted by Gasteiger charge is -2.09. The summed E-state index contributed by atoms with van der Waals surface area (Å²) in [5, 5.41) is 0.737. The topological polar surface area (TPSA) is 30.4 Å². The fourth-order valence-electron chi connectivity index (χ4n) is 2.38. The summed E-state index contributed by atoms with van der Waals surface area (Å²) in [7, 11) is 0. The van der Waals surface area contributed by atoms with Crippen LogP contribution in [0.4, 0.5) is 5.88 Å². The highest BCUT2D eigenvalue weighted by Gasteiger charge is 2.09. The molecule has 0 bridgehead atoms. The van der Waals surface area contributed by atoms with Gasteiger partial charge in [-0.25, -0.2) is 4.99 Å². The number of hydrogen-bond donors (Lipinski definition) is 0. The molecule has 2 heterocycles. The van der Waals surface area contributed by atoms with Crippen molar-refractivity contribution in [3.8, 4) is 5.69 Å². The first kappa shape index (κ1) is 13.7. The Balaban J connectivity index is 1.98. The van der Waals surface area contributed by atoms with Gasteiger partial charge in [-0.3, -0.25) is 0 Å². The van der Waals surface area contributed by atoms with Gasteiger partial charge in [0.05, 0.1) is 6.26 Å². The van der Waals surface area contributed by atoms with E-state index in [0.29, 0.717) is 5.88 Å². The number of aromatic nitrogens is 1. The van der Waals surface area contributed by atoms with Crippen LogP contribution in [0.2, 0.25) is 5.02 Å². The van der Waals surface area contributed by atoms with Gasteiger partial charge in [0.2, 0.25) is 5.88 Å². The molecule has 0 N–H and O–H groups in total. The normalized spacial score (nSPS) is 11.4. The molecule has 0 saturated heterocycles. The zero-order chi connectivity index (χ0) is 14.8. The lowest BCUT2D eigenvalue weighted by molar-refractivity contribution is 0.578. The van der Waals surface area contributed by atoms with Crippen molar-refractivity contribution in [1.82, 2.24) is 4.57 Å². The number of aliphatic imine (C=N–C) groups is 1. The third-order valence-electron chi connectivity index (χ3n) is 3.39. The fourth-order valence-corrected chi connectivity index (χ4v) is 2.51. The average molecular weight is 299 g/mol. The first-order valence-electron chi connectivity index (χ1n) is 6.67. The van der Waals surface area contributed by atoms with E-state index in [1.165, 1.54) is 0 Å². The van der Waals surface area contributed by atoms with Gasteiger partial charge in [0.15, 0.2) is 0 Å². The fraction of sp³-hybridized carbons (Fsp3) is 0.118. The summed E-state index contributed by atoms with van der Waals surface area (Å²) < 4.78 is 7.39. The predicted octanol–water partition coefficient (Wildman–Crippen LogP) is 5.09. The van der Waals surface area contributed by atoms with E-state index in [9.17, 15) is 0 Å². The minimum absolute atomic E-state index is 0.603. The lowest BCUT2D eigenvalue weighted by atomic mass is 10.2. The molecule has 106 valence electrons. The summed E-state index contributed by atoms with van der Waals surface area (Å²) in [5.74, 6) is 0.603. The molecular formula is C17H15ClN2O. The molecule has 0 spiro atoms. The third-order valence-corrected chi connectivity index (χ3v) is 3.64. The van der Waals surface area contributed by atoms with Gasteiger partial charge < -0.3 is 8.98 Å². The number of halogens is 1. The molecule has 0 aliphatic heterocycles. The molecule has 0 aliphatic rings. The standard InChI is InChI=1S/C17H15ClN2O/c1-12-10-14(11-19-17-4-3-9-21-17)13(2)20(12)16-7-5-15(18)6-8-16/h3-11H,1-2H3. The van der Waals surface area contributed by atoms with Crippen molar-refractivity contribution in [3.05, 3.63) is 70.7 Å². The molecule has 3 nitrogen and oxygen atoms in total. The Morgan fingerprint density at radius 2 is 1.90 bits per heavy atom. The second kappa shape index (κ2) is 5.62. The van der Waals surface area contributed by atoms with Gasteiger partial charge in [-0.05, 0) is 50.2 Å². The second-order valence-electron chi connectivity index (χ2n) is 4.85. The number of benzene rings is 1. The van der Waals surface area contributed by atoms with Crippen LogP contribution >= 0.6 is 11.6 Å². The Bertz CT molecular complexity index is 768. The van der Waals surface area contributed by atoms with Gasteiger partial charge in [0.25, 0.3) is 0 Å². The van der Waals surface area contributed by atoms with Crippen molar-refractivity contribution < 1.29 is 4.42 Å². The van der Waals surface area contributed by atoms with E-state index >= 15 is 0 Å². The second-order valence-corrected chi connectivity index (χ2v) is 5.28. The summed E-state index contributed by atoms with van der Waals surface area (Å²) in [6.45, 7) is 4.15. The van der Waals surface area contributed by atoms with E-state index in [4.69, 9.17) is 16.0 Å². The van der Waals surface area contributed by atoms with Crippen LogP contribution < -0.4 is 0 Å². The Hall–Kier alpha value is -2.26. The van der Waals surface area contributed by atoms with Crippen LogP contribution in [0.15, 0.2) is 58.1 Å². The molecule has 0 radical (unpaired) electrons. The van der Waals surface area contributed by atoms with E-state index < -0.39 is 0 Å². The molecule has 0 fully saturated rings. The maximum Gasteiger partial charge on any atom is 0.218 e. The van der Waals surface area contributed by atoms with Crippen molar-refractivity contribution >= 4 is 23.7 Å². The first-order valence-corrected chi connectivity index (χ1v) is 7.05. The smallest absolute Gasteiger partial charge is 0.218 e. The Kier molecular flexibility index (Phi) is 3.67. The minimum Gasteiger partial charge on any atom is -0.447 e. The Labute approximate surface area is 128 Å². The van der Waals surface area contributed by atoms with E-state index in [1.54, 1.807) is 6.26 Å². The van der Waals surface area contributed by atoms with Crippen LogP contribution in [0.25, 0.3) is 5.69 Å². The maximum absolute atomic E-state index is 5.95. The zero-order valence-electron chi connectivity index (χ0n) is 11.9. The van der Waals surface area contributed by atoms with Gasteiger partial charge in [0, 0.05) is 39.9 Å². The van der Waals surface area contributed by atoms with E-state index in [2.05, 4.69) is 29.5 Å². The Morgan fingerprint density at radius 1 is 1.14 bits per heavy atom. The van der Waals surface area contributed by atoms with Crippen LogP contribution in [0, 0.1) is 13.8 Å². The number of hydrogen-bond acceptors (Lipinski definition) is 2. The van der Waals surface area contributed by atoms with Crippen molar-refractivity contribution in [2.75, 3.05) is 0 Å². The van der Waals surface area contributed by atoms with Crippen molar-refractivity contribution in [3.63, 3.8) is 0 Å². The highest BCUT2D eigenvalue weighted by molar-refractivity contribution is 6.30. The molecule has 0 aliphatic carbocycles. The van der Waals surface area contributed by atoms with Crippen molar-refractivity contribution in [1.29, 1.82) is 0 Å². The summed E-state index contributed by atoms with van der Waals surface area (Å²) in [6.07, 6.45) is 3.44. The molecule has 0 amide bonds. The molecule has 0 unspecified atom stereocenters. The predicted molar refractivity (Wildman–Crippen MR) is 86.2 cm³/mol. The van der Waals surface area contributed by atoms with Gasteiger partial charge >= 0.3 is 0 Å². The molecule has 0 atom stereocenters. The van der Waals surface area contributed by atoms with Crippen LogP contribution in [0.1, 0.15) is 17.0 Å². The zero-order valence-corrected chi connectivity index (χ0v) is 12.6. The quantitative estimate of drug-likeness (QED) is 0.619. The number of rotatable bonds is 3. The Morgan fingerprint density at radius 3 is 2.57 bits per heavy atom. The number of furan rings is 1. The van der Waals surface area contributed by atoms with Gasteiger partial charge in [-0.15, -0.1) is 0 Å². The lowest BCUT2D eigenvalue weighted by Crippen LogP contribution is -1.99. The van der Waals surface area contributed by atoms with Crippen LogP contribution in [-0.2, 0) is 0 Å². The monoisotopic (exact) mass is 298 g/mol. The van der Waals surface area contributed by atoms with Crippen molar-refractivity contribution in [2.24, 2.45) is 4.99 Å². The van der Waals surface area contributed by atoms with E-state index in [0.717, 1.165) is 27.7 Å². The molecule has 3 rings (SSSR count). The summed E-state index contributed by atoms with van der Waals surface area (Å²) in [5.41, 5.74) is 4.44. The van der Waals surface area contributed by atoms with Crippen LogP contribution in [0.3, 0.4) is 0 Å². The van der Waals surface area contributed by atoms with Crippen LogP contribution in [0.5, 0.6) is 0 Å². The average Bonchev–Trinajstić information content (AvgIpc) is 3.07. The third kappa shape index (κ3) is 2.78. The number of aryl methyl sites for hydroxylation is 1. The minimum atomic E-state index is 0.603. The number of nitrogens with zero attached hydrogens (tertiary/aromatic N) is 2. The van der Waals surface area contributed by atoms with Crippen LogP contribution in [-0.4, -0.2) is 10.8 Å². The molecule has 3 aromatic rings. The van der Waals surface area contributed by atoms with Gasteiger partial charge in [-0.2, -0.15) is 0 Å². The molecule has 21 heavy (non-hydrogen) atoms. The van der Waals surface area contributed by atoms with Crippen molar-refractivity contribution in [2.45, 2.75) is 13.8 Å². The molecule has 4 heteroatoms. The molecular weight excluding hydrogens is 284 g/mol. The van der Waals surface area contributed by atoms with E-state index in [1.807, 2.05) is 42.6 Å². The molecule has 2 aromatic heterocycles. The summed E-state index contributed by atoms with van der Waals surface area (Å²) in [6, 6.07) is 13.6.